The molecule has 52 heavy (non-hydrogen) atoms. The number of likely N-dealkylation sites (N-methyl/N-ethyl adjacent to an activating group) is 1. The first kappa shape index (κ1) is 34.7. The van der Waals surface area contributed by atoms with Gasteiger partial charge in [0.25, 0.3) is 5.91 Å². The number of rotatable bonds is 12. The molecule has 0 saturated carbocycles. The van der Waals surface area contributed by atoms with E-state index in [0.29, 0.717) is 30.1 Å². The maximum Gasteiger partial charge on any atom is 0.257 e. The van der Waals surface area contributed by atoms with Gasteiger partial charge in [-0.25, -0.2) is 18.4 Å². The number of imidazole rings is 1. The van der Waals surface area contributed by atoms with Crippen LogP contribution in [0.1, 0.15) is 40.2 Å². The molecule has 0 unspecified atom stereocenters. The van der Waals surface area contributed by atoms with Gasteiger partial charge in [-0.1, -0.05) is 36.4 Å². The first-order chi connectivity index (χ1) is 25.4. The highest BCUT2D eigenvalue weighted by atomic mass is 19.1. The van der Waals surface area contributed by atoms with Crippen molar-refractivity contribution >= 4 is 22.9 Å². The average Bonchev–Trinajstić information content (AvgIpc) is 3.77. The van der Waals surface area contributed by atoms with Crippen molar-refractivity contribution < 1.29 is 18.3 Å². The molecule has 3 heterocycles. The molecular weight excluding hydrogens is 664 g/mol. The van der Waals surface area contributed by atoms with Crippen LogP contribution in [0.25, 0.3) is 16.7 Å². The van der Waals surface area contributed by atoms with E-state index < -0.39 is 0 Å². The SMILES string of the molecule is COc1ccc(-n2cnnn2)cc1C(=O)N(C)C[C@@H](CCN1CCCN(c2nc3ccccc3n2Cc2ccc(F)cc2)CC1)c1ccc(F)cc1. The Bertz CT molecular complexity index is 2100. The summed E-state index contributed by atoms with van der Waals surface area (Å²) in [6.45, 7) is 5.23. The number of hydrogen-bond donors (Lipinski definition) is 0. The van der Waals surface area contributed by atoms with E-state index in [1.807, 2.05) is 42.5 Å². The van der Waals surface area contributed by atoms with E-state index in [1.54, 1.807) is 30.1 Å². The van der Waals surface area contributed by atoms with Crippen LogP contribution in [0.2, 0.25) is 0 Å². The van der Waals surface area contributed by atoms with Crippen LogP contribution in [0.4, 0.5) is 14.7 Å². The molecule has 1 aliphatic rings. The standard InChI is InChI=1S/C39H41F2N9O2/c1-46(38(51)34-24-33(16-17-37(34)52-2)50-27-42-44-45-50)26-30(29-10-14-32(41)15-11-29)18-21-47-19-5-20-48(23-22-47)39-43-35-6-3-4-7-36(35)49(39)25-28-8-12-31(40)13-9-28/h3-4,6-17,24,27,30H,5,18-23,25-26H2,1-2H3/t30-/m1/s1. The zero-order valence-electron chi connectivity index (χ0n) is 29.3. The second-order valence-corrected chi connectivity index (χ2v) is 13.2. The molecule has 11 nitrogen and oxygen atoms in total. The van der Waals surface area contributed by atoms with Gasteiger partial charge >= 0.3 is 0 Å². The number of carbonyl (C=O) groups is 1. The highest BCUT2D eigenvalue weighted by Crippen LogP contribution is 2.28. The zero-order chi connectivity index (χ0) is 36.0. The van der Waals surface area contributed by atoms with Crippen LogP contribution in [0.5, 0.6) is 5.75 Å². The Balaban J connectivity index is 1.05. The number of aromatic nitrogens is 6. The summed E-state index contributed by atoms with van der Waals surface area (Å²) in [6.07, 6.45) is 3.20. The minimum Gasteiger partial charge on any atom is -0.496 e. The predicted molar refractivity (Wildman–Crippen MR) is 195 cm³/mol. The van der Waals surface area contributed by atoms with E-state index in [9.17, 15) is 13.6 Å². The van der Waals surface area contributed by atoms with Gasteiger partial charge < -0.3 is 24.0 Å². The number of nitrogens with zero attached hydrogens (tertiary/aromatic N) is 9. The number of fused-ring (bicyclic) bond motifs is 1. The van der Waals surface area contributed by atoms with Crippen molar-refractivity contribution in [2.75, 3.05) is 58.3 Å². The van der Waals surface area contributed by atoms with Crippen LogP contribution in [0.3, 0.4) is 0 Å². The largest absolute Gasteiger partial charge is 0.496 e. The molecule has 2 aromatic heterocycles. The molecule has 1 amide bonds. The van der Waals surface area contributed by atoms with Crippen molar-refractivity contribution in [3.05, 3.63) is 126 Å². The van der Waals surface area contributed by atoms with Crippen molar-refractivity contribution in [2.45, 2.75) is 25.3 Å². The van der Waals surface area contributed by atoms with Gasteiger partial charge in [-0.2, -0.15) is 0 Å². The Hall–Kier alpha value is -5.69. The van der Waals surface area contributed by atoms with Gasteiger partial charge in [0.2, 0.25) is 5.95 Å². The van der Waals surface area contributed by atoms with Crippen molar-refractivity contribution in [3.8, 4) is 11.4 Å². The normalized spacial score (nSPS) is 14.3. The Morgan fingerprint density at radius 2 is 1.69 bits per heavy atom. The third-order valence-electron chi connectivity index (χ3n) is 9.76. The number of anilines is 1. The summed E-state index contributed by atoms with van der Waals surface area (Å²) in [5, 5.41) is 11.4. The van der Waals surface area contributed by atoms with Crippen molar-refractivity contribution in [1.29, 1.82) is 0 Å². The summed E-state index contributed by atoms with van der Waals surface area (Å²) in [6, 6.07) is 26.6. The van der Waals surface area contributed by atoms with Gasteiger partial charge in [0.15, 0.2) is 0 Å². The molecular formula is C39H41F2N9O2. The van der Waals surface area contributed by atoms with Crippen molar-refractivity contribution in [3.63, 3.8) is 0 Å². The molecule has 7 rings (SSSR count). The molecule has 0 bridgehead atoms. The Morgan fingerprint density at radius 3 is 2.44 bits per heavy atom. The quantitative estimate of drug-likeness (QED) is 0.158. The highest BCUT2D eigenvalue weighted by molar-refractivity contribution is 5.97. The molecule has 4 aromatic carbocycles. The summed E-state index contributed by atoms with van der Waals surface area (Å²) in [5.41, 5.74) is 5.00. The molecule has 1 fully saturated rings. The van der Waals surface area contributed by atoms with E-state index in [0.717, 1.165) is 73.7 Å². The van der Waals surface area contributed by atoms with Gasteiger partial charge in [-0.05, 0) is 102 Å². The van der Waals surface area contributed by atoms with Crippen LogP contribution >= 0.6 is 0 Å². The van der Waals surface area contributed by atoms with Crippen LogP contribution < -0.4 is 9.64 Å². The van der Waals surface area contributed by atoms with Gasteiger partial charge in [0, 0.05) is 39.1 Å². The number of para-hydroxylation sites is 2. The van der Waals surface area contributed by atoms with Crippen LogP contribution in [0, 0.1) is 11.6 Å². The van der Waals surface area contributed by atoms with Gasteiger partial charge in [0.1, 0.15) is 23.7 Å². The third-order valence-corrected chi connectivity index (χ3v) is 9.76. The second-order valence-electron chi connectivity index (χ2n) is 13.2. The summed E-state index contributed by atoms with van der Waals surface area (Å²) >= 11 is 0. The molecule has 1 atom stereocenters. The van der Waals surface area contributed by atoms with E-state index in [1.165, 1.54) is 42.4 Å². The Kier molecular flexibility index (Phi) is 10.5. The Labute approximate surface area is 301 Å². The lowest BCUT2D eigenvalue weighted by Gasteiger charge is -2.28. The molecule has 0 N–H and O–H groups in total. The number of benzene rings is 4. The first-order valence-corrected chi connectivity index (χ1v) is 17.5. The minimum absolute atomic E-state index is 0.0393. The van der Waals surface area contributed by atoms with Gasteiger partial charge in [-0.3, -0.25) is 4.79 Å². The summed E-state index contributed by atoms with van der Waals surface area (Å²) < 4.78 is 36.9. The minimum atomic E-state index is -0.297. The monoisotopic (exact) mass is 705 g/mol. The second kappa shape index (κ2) is 15.7. The number of tetrazole rings is 1. The molecule has 268 valence electrons. The molecule has 0 aliphatic carbocycles. The lowest BCUT2D eigenvalue weighted by Crippen LogP contribution is -2.35. The van der Waals surface area contributed by atoms with E-state index in [2.05, 4.69) is 36.0 Å². The van der Waals surface area contributed by atoms with Crippen LogP contribution in [-0.4, -0.2) is 98.9 Å². The van der Waals surface area contributed by atoms with Gasteiger partial charge in [0.05, 0.1) is 35.9 Å². The maximum absolute atomic E-state index is 14.0. The molecule has 6 aromatic rings. The fourth-order valence-corrected chi connectivity index (χ4v) is 6.97. The van der Waals surface area contributed by atoms with Crippen molar-refractivity contribution in [2.24, 2.45) is 0 Å². The predicted octanol–water partition coefficient (Wildman–Crippen LogP) is 5.81. The first-order valence-electron chi connectivity index (χ1n) is 17.5. The molecule has 0 radical (unpaired) electrons. The summed E-state index contributed by atoms with van der Waals surface area (Å²) in [5.74, 6) is 0.576. The molecule has 1 saturated heterocycles. The fourth-order valence-electron chi connectivity index (χ4n) is 6.97. The van der Waals surface area contributed by atoms with Gasteiger partial charge in [-0.15, -0.1) is 5.10 Å². The lowest BCUT2D eigenvalue weighted by atomic mass is 9.94. The number of ether oxygens (including phenoxy) is 1. The lowest BCUT2D eigenvalue weighted by molar-refractivity contribution is 0.0779. The highest BCUT2D eigenvalue weighted by Gasteiger charge is 2.25. The Morgan fingerprint density at radius 1 is 0.923 bits per heavy atom. The average molecular weight is 706 g/mol. The summed E-state index contributed by atoms with van der Waals surface area (Å²) in [7, 11) is 3.32. The number of hydrogen-bond acceptors (Lipinski definition) is 8. The smallest absolute Gasteiger partial charge is 0.257 e. The number of carbonyl (C=O) groups excluding carboxylic acids is 1. The number of amides is 1. The van der Waals surface area contributed by atoms with Crippen LogP contribution in [-0.2, 0) is 6.54 Å². The third kappa shape index (κ3) is 7.79. The fraction of sp³-hybridized carbons (Fsp3) is 0.308. The molecule has 1 aliphatic heterocycles. The van der Waals surface area contributed by atoms with E-state index >= 15 is 0 Å². The van der Waals surface area contributed by atoms with Crippen molar-refractivity contribution in [1.82, 2.24) is 39.6 Å². The van der Waals surface area contributed by atoms with Crippen LogP contribution in [0.15, 0.2) is 97.3 Å². The maximum atomic E-state index is 14.0. The van der Waals surface area contributed by atoms with E-state index in [4.69, 9.17) is 9.72 Å². The number of methoxy groups -OCH3 is 1. The molecule has 13 heteroatoms. The zero-order valence-corrected chi connectivity index (χ0v) is 29.3. The number of halogens is 2. The van der Waals surface area contributed by atoms with E-state index in [-0.39, 0.29) is 23.5 Å². The summed E-state index contributed by atoms with van der Waals surface area (Å²) in [4.78, 5) is 25.5. The topological polar surface area (TPSA) is 97.4 Å². The molecule has 0 spiro atoms.